The van der Waals surface area contributed by atoms with E-state index < -0.39 is 36.6 Å². The molecule has 2 rings (SSSR count). The molecule has 0 aromatic heterocycles. The van der Waals surface area contributed by atoms with Crippen LogP contribution in [0.15, 0.2) is 60.7 Å². The predicted molar refractivity (Wildman–Crippen MR) is 152 cm³/mol. The Morgan fingerprint density at radius 3 is 1.17 bits per heavy atom. The second-order valence-corrected chi connectivity index (χ2v) is 10.3. The molecule has 2 aromatic rings. The van der Waals surface area contributed by atoms with Crippen molar-refractivity contribution in [2.24, 2.45) is 0 Å². The molecule has 10 heteroatoms. The molecule has 0 aliphatic heterocycles. The Kier molecular flexibility index (Phi) is 18.7. The van der Waals surface area contributed by atoms with Crippen LogP contribution in [0.4, 0.5) is 0 Å². The molecule has 10 nitrogen and oxygen atoms in total. The number of hydrogen-bond acceptors (Lipinski definition) is 10. The van der Waals surface area contributed by atoms with E-state index in [4.69, 9.17) is 18.9 Å². The Labute approximate surface area is 243 Å². The van der Waals surface area contributed by atoms with Gasteiger partial charge in [0.15, 0.2) is 0 Å². The zero-order valence-corrected chi connectivity index (χ0v) is 23.7. The maximum atomic E-state index is 10.5. The third kappa shape index (κ3) is 16.9. The van der Waals surface area contributed by atoms with E-state index >= 15 is 0 Å². The molecule has 0 aliphatic carbocycles. The van der Waals surface area contributed by atoms with Crippen LogP contribution in [0, 0.1) is 0 Å². The molecule has 0 fully saturated rings. The summed E-state index contributed by atoms with van der Waals surface area (Å²) in [5.74, 6) is 0. The van der Waals surface area contributed by atoms with Crippen molar-refractivity contribution in [1.29, 1.82) is 0 Å². The lowest BCUT2D eigenvalue weighted by Crippen LogP contribution is -2.30. The smallest absolute Gasteiger partial charge is 0.147 e. The molecule has 0 heterocycles. The number of rotatable bonds is 24. The zero-order chi connectivity index (χ0) is 29.7. The largest absolute Gasteiger partial charge is 0.396 e. The lowest BCUT2D eigenvalue weighted by molar-refractivity contribution is -0.113. The molecule has 0 spiro atoms. The molecule has 41 heavy (non-hydrogen) atoms. The first-order valence-corrected chi connectivity index (χ1v) is 14.3. The minimum atomic E-state index is -0.993. The van der Waals surface area contributed by atoms with Gasteiger partial charge in [0.05, 0.1) is 49.8 Å². The van der Waals surface area contributed by atoms with Crippen LogP contribution in [0.2, 0.25) is 0 Å². The lowest BCUT2D eigenvalue weighted by Gasteiger charge is -2.24. The Balaban J connectivity index is 1.64. The van der Waals surface area contributed by atoms with Crippen LogP contribution in [-0.4, -0.2) is 94.1 Å². The van der Waals surface area contributed by atoms with Gasteiger partial charge in [-0.3, -0.25) is 0 Å². The maximum absolute atomic E-state index is 10.5. The van der Waals surface area contributed by atoms with Gasteiger partial charge < -0.3 is 49.6 Å². The molecule has 0 saturated carbocycles. The molecule has 6 N–H and O–H groups in total. The fraction of sp³-hybridized carbons (Fsp3) is 0.613. The van der Waals surface area contributed by atoms with Gasteiger partial charge in [0.2, 0.25) is 0 Å². The van der Waals surface area contributed by atoms with E-state index in [0.717, 1.165) is 11.1 Å². The van der Waals surface area contributed by atoms with Crippen LogP contribution in [0.3, 0.4) is 0 Å². The fourth-order valence-electron chi connectivity index (χ4n) is 4.52. The van der Waals surface area contributed by atoms with Gasteiger partial charge in [-0.15, -0.1) is 0 Å². The molecule has 0 unspecified atom stereocenters. The van der Waals surface area contributed by atoms with Crippen LogP contribution >= 0.6 is 0 Å². The Bertz CT molecular complexity index is 800. The van der Waals surface area contributed by atoms with Crippen molar-refractivity contribution in [3.05, 3.63) is 71.8 Å². The van der Waals surface area contributed by atoms with Gasteiger partial charge in [-0.1, -0.05) is 60.7 Å². The highest BCUT2D eigenvalue weighted by molar-refractivity contribution is 5.14. The van der Waals surface area contributed by atoms with Crippen molar-refractivity contribution in [3.63, 3.8) is 0 Å². The first-order valence-electron chi connectivity index (χ1n) is 14.3. The monoisotopic (exact) mass is 580 g/mol. The van der Waals surface area contributed by atoms with Crippen LogP contribution in [0.25, 0.3) is 0 Å². The van der Waals surface area contributed by atoms with E-state index in [2.05, 4.69) is 0 Å². The van der Waals surface area contributed by atoms with Crippen molar-refractivity contribution < 1.29 is 49.6 Å². The molecular weight excluding hydrogens is 532 g/mol. The van der Waals surface area contributed by atoms with Gasteiger partial charge >= 0.3 is 0 Å². The Morgan fingerprint density at radius 2 is 0.829 bits per heavy atom. The van der Waals surface area contributed by atoms with Crippen molar-refractivity contribution >= 4 is 0 Å². The van der Waals surface area contributed by atoms with E-state index in [-0.39, 0.29) is 58.9 Å². The standard InChI is InChI=1S/C31H48O10/c32-13-11-30(40-22-38-20-24-7-3-1-4-8-24)18-28(36)16-26(34)15-27(35)17-29(37)19-31(12-14-33)41-23-39-21-25-9-5-2-6-10-25/h1-10,26-37H,11-23H2/t26-,27-,28-,29+,30-,31+/m1/s1. The molecule has 0 bridgehead atoms. The summed E-state index contributed by atoms with van der Waals surface area (Å²) in [6, 6.07) is 19.3. The SMILES string of the molecule is OCC[C@H](C[C@H](O)C[C@H](O)C[C@@H](O)C[C@H](O)C[C@H](CCO)OCOCc1ccccc1)OCOCc1ccccc1. The number of hydrogen-bond donors (Lipinski definition) is 6. The van der Waals surface area contributed by atoms with E-state index in [1.165, 1.54) is 0 Å². The van der Waals surface area contributed by atoms with Gasteiger partial charge in [-0.25, -0.2) is 0 Å². The van der Waals surface area contributed by atoms with E-state index in [0.29, 0.717) is 26.1 Å². The summed E-state index contributed by atoms with van der Waals surface area (Å²) in [5, 5.41) is 60.4. The average Bonchev–Trinajstić information content (AvgIpc) is 2.94. The molecular formula is C31H48O10. The predicted octanol–water partition coefficient (Wildman–Crippen LogP) is 2.26. The summed E-state index contributed by atoms with van der Waals surface area (Å²) in [7, 11) is 0. The quantitative estimate of drug-likeness (QED) is 0.0804. The summed E-state index contributed by atoms with van der Waals surface area (Å²) in [6.45, 7) is 0.543. The molecule has 0 aliphatic rings. The minimum absolute atomic E-state index is 0.00553. The molecule has 0 saturated heterocycles. The molecule has 2 aromatic carbocycles. The maximum Gasteiger partial charge on any atom is 0.147 e. The molecule has 232 valence electrons. The van der Waals surface area contributed by atoms with Crippen molar-refractivity contribution in [3.8, 4) is 0 Å². The van der Waals surface area contributed by atoms with Crippen LogP contribution < -0.4 is 0 Å². The van der Waals surface area contributed by atoms with Gasteiger partial charge in [0.25, 0.3) is 0 Å². The van der Waals surface area contributed by atoms with Crippen LogP contribution in [-0.2, 0) is 32.2 Å². The first-order chi connectivity index (χ1) is 19.9. The number of ether oxygens (including phenoxy) is 4. The van der Waals surface area contributed by atoms with E-state index in [1.54, 1.807) is 0 Å². The zero-order valence-electron chi connectivity index (χ0n) is 23.7. The highest BCUT2D eigenvalue weighted by Gasteiger charge is 2.23. The van der Waals surface area contributed by atoms with Gasteiger partial charge in [-0.2, -0.15) is 0 Å². The lowest BCUT2D eigenvalue weighted by atomic mass is 9.96. The van der Waals surface area contributed by atoms with Crippen LogP contribution in [0.1, 0.15) is 56.1 Å². The molecule has 6 atom stereocenters. The topological polar surface area (TPSA) is 158 Å². The summed E-state index contributed by atoms with van der Waals surface area (Å²) in [5.41, 5.74) is 2.01. The summed E-state index contributed by atoms with van der Waals surface area (Å²) >= 11 is 0. The normalized spacial score (nSPS) is 16.1. The van der Waals surface area contributed by atoms with E-state index in [1.807, 2.05) is 60.7 Å². The third-order valence-corrected chi connectivity index (χ3v) is 6.60. The molecule has 0 amide bonds. The van der Waals surface area contributed by atoms with Gasteiger partial charge in [0.1, 0.15) is 13.6 Å². The minimum Gasteiger partial charge on any atom is -0.396 e. The fourth-order valence-corrected chi connectivity index (χ4v) is 4.52. The second-order valence-electron chi connectivity index (χ2n) is 10.3. The third-order valence-electron chi connectivity index (χ3n) is 6.60. The average molecular weight is 581 g/mol. The van der Waals surface area contributed by atoms with E-state index in [9.17, 15) is 30.6 Å². The Morgan fingerprint density at radius 1 is 0.488 bits per heavy atom. The highest BCUT2D eigenvalue weighted by Crippen LogP contribution is 2.18. The summed E-state index contributed by atoms with van der Waals surface area (Å²) in [6.07, 6.45) is -3.71. The summed E-state index contributed by atoms with van der Waals surface area (Å²) in [4.78, 5) is 0. The van der Waals surface area contributed by atoms with Crippen molar-refractivity contribution in [2.75, 3.05) is 26.8 Å². The van der Waals surface area contributed by atoms with Gasteiger partial charge in [0, 0.05) is 13.2 Å². The summed E-state index contributed by atoms with van der Waals surface area (Å²) < 4.78 is 22.4. The Hall–Kier alpha value is -1.96. The van der Waals surface area contributed by atoms with Crippen LogP contribution in [0.5, 0.6) is 0 Å². The van der Waals surface area contributed by atoms with Crippen molar-refractivity contribution in [1.82, 2.24) is 0 Å². The van der Waals surface area contributed by atoms with Crippen molar-refractivity contribution in [2.45, 2.75) is 94.8 Å². The number of benzene rings is 2. The number of aliphatic hydroxyl groups excluding tert-OH is 6. The van der Waals surface area contributed by atoms with Gasteiger partial charge in [-0.05, 0) is 56.1 Å². The molecule has 0 radical (unpaired) electrons. The highest BCUT2D eigenvalue weighted by atomic mass is 16.7. The second kappa shape index (κ2) is 21.7. The first kappa shape index (κ1) is 35.2. The number of aliphatic hydroxyl groups is 6.